The van der Waals surface area contributed by atoms with Gasteiger partial charge in [-0.15, -0.1) is 0 Å². The van der Waals surface area contributed by atoms with Gasteiger partial charge in [-0.05, 0) is 25.0 Å². The maximum absolute atomic E-state index is 12.3. The van der Waals surface area contributed by atoms with Crippen LogP contribution in [0.3, 0.4) is 0 Å². The number of carbonyl (C=O) groups excluding carboxylic acids is 4. The highest BCUT2D eigenvalue weighted by Gasteiger charge is 2.48. The highest BCUT2D eigenvalue weighted by atomic mass is 35.5. The molecule has 0 aromatic heterocycles. The summed E-state index contributed by atoms with van der Waals surface area (Å²) < 4.78 is 4.88. The fourth-order valence-electron chi connectivity index (χ4n) is 3.51. The number of amides is 3. The second-order valence-corrected chi connectivity index (χ2v) is 7.94. The molecule has 1 aromatic rings. The summed E-state index contributed by atoms with van der Waals surface area (Å²) in [6, 6.07) is 2.74. The molecule has 0 spiro atoms. The minimum absolute atomic E-state index is 0.171. The Balaban J connectivity index is 1.52. The number of imide groups is 1. The Kier molecular flexibility index (Phi) is 6.47. The zero-order valence-corrected chi connectivity index (χ0v) is 16.9. The average molecular weight is 448 g/mol. The molecule has 3 rings (SSSR count). The Morgan fingerprint density at radius 2 is 1.57 bits per heavy atom. The van der Waals surface area contributed by atoms with Gasteiger partial charge in [0.25, 0.3) is 5.91 Å². The number of hydrogen-bond donors (Lipinski definition) is 1. The van der Waals surface area contributed by atoms with Crippen LogP contribution in [0.1, 0.15) is 25.7 Å². The van der Waals surface area contributed by atoms with Crippen molar-refractivity contribution in [1.29, 1.82) is 0 Å². The molecule has 150 valence electrons. The predicted molar refractivity (Wildman–Crippen MR) is 103 cm³/mol. The van der Waals surface area contributed by atoms with Gasteiger partial charge in [-0.25, -0.2) is 0 Å². The lowest BCUT2D eigenvalue weighted by Gasteiger charge is -2.19. The molecule has 1 aromatic carbocycles. The maximum atomic E-state index is 12.3. The van der Waals surface area contributed by atoms with E-state index in [2.05, 4.69) is 5.32 Å². The van der Waals surface area contributed by atoms with Crippen molar-refractivity contribution in [3.63, 3.8) is 0 Å². The van der Waals surface area contributed by atoms with E-state index in [1.807, 2.05) is 0 Å². The number of likely N-dealkylation sites (tertiary alicyclic amines) is 1. The van der Waals surface area contributed by atoms with Crippen LogP contribution >= 0.6 is 34.8 Å². The van der Waals surface area contributed by atoms with E-state index in [0.717, 1.165) is 17.7 Å². The monoisotopic (exact) mass is 446 g/mol. The molecule has 10 heteroatoms. The SMILES string of the molecule is O=C(COC(=O)CN1C(=O)[C@@H]2CCCC[C@H]2C1=O)Nc1cc(Cl)c(Cl)cc1Cl. The maximum Gasteiger partial charge on any atom is 0.326 e. The molecular weight excluding hydrogens is 431 g/mol. The van der Waals surface area contributed by atoms with E-state index in [4.69, 9.17) is 39.5 Å². The molecule has 0 bridgehead atoms. The summed E-state index contributed by atoms with van der Waals surface area (Å²) in [5, 5.41) is 3.05. The van der Waals surface area contributed by atoms with Gasteiger partial charge in [0.1, 0.15) is 6.54 Å². The molecule has 3 amide bonds. The van der Waals surface area contributed by atoms with Gasteiger partial charge in [0.05, 0.1) is 32.6 Å². The van der Waals surface area contributed by atoms with Crippen LogP contribution in [-0.2, 0) is 23.9 Å². The molecule has 0 radical (unpaired) electrons. The van der Waals surface area contributed by atoms with Gasteiger partial charge in [-0.1, -0.05) is 47.6 Å². The number of benzene rings is 1. The first-order valence-electron chi connectivity index (χ1n) is 8.73. The second kappa shape index (κ2) is 8.68. The summed E-state index contributed by atoms with van der Waals surface area (Å²) in [5.74, 6) is -2.84. The van der Waals surface area contributed by atoms with Crippen molar-refractivity contribution in [3.05, 3.63) is 27.2 Å². The lowest BCUT2D eigenvalue weighted by molar-refractivity contribution is -0.154. The number of esters is 1. The lowest BCUT2D eigenvalue weighted by Crippen LogP contribution is -2.37. The largest absolute Gasteiger partial charge is 0.454 e. The highest BCUT2D eigenvalue weighted by molar-refractivity contribution is 6.44. The average Bonchev–Trinajstić information content (AvgIpc) is 2.90. The third kappa shape index (κ3) is 4.42. The molecular formula is C18H17Cl3N2O5. The van der Waals surface area contributed by atoms with E-state index >= 15 is 0 Å². The number of fused-ring (bicyclic) bond motifs is 1. The normalized spacial score (nSPS) is 21.5. The summed E-state index contributed by atoms with van der Waals surface area (Å²) >= 11 is 17.7. The van der Waals surface area contributed by atoms with Crippen LogP contribution in [-0.4, -0.2) is 41.7 Å². The fraction of sp³-hybridized carbons (Fsp3) is 0.444. The number of hydrogen-bond acceptors (Lipinski definition) is 5. The van der Waals surface area contributed by atoms with Crippen LogP contribution in [0.4, 0.5) is 5.69 Å². The van der Waals surface area contributed by atoms with Gasteiger partial charge < -0.3 is 10.1 Å². The lowest BCUT2D eigenvalue weighted by atomic mass is 9.81. The molecule has 1 saturated carbocycles. The molecule has 0 unspecified atom stereocenters. The van der Waals surface area contributed by atoms with Crippen LogP contribution in [0.5, 0.6) is 0 Å². The molecule has 1 heterocycles. The molecule has 7 nitrogen and oxygen atoms in total. The topological polar surface area (TPSA) is 92.8 Å². The van der Waals surface area contributed by atoms with Crippen molar-refractivity contribution in [2.24, 2.45) is 11.8 Å². The third-order valence-electron chi connectivity index (χ3n) is 4.87. The Labute approximate surface area is 176 Å². The van der Waals surface area contributed by atoms with Gasteiger partial charge in [0, 0.05) is 0 Å². The van der Waals surface area contributed by atoms with Gasteiger partial charge in [0.15, 0.2) is 6.61 Å². The summed E-state index contributed by atoms with van der Waals surface area (Å²) in [6.07, 6.45) is 3.12. The fourth-order valence-corrected chi connectivity index (χ4v) is 4.11. The quantitative estimate of drug-likeness (QED) is 0.425. The molecule has 1 N–H and O–H groups in total. The standard InChI is InChI=1S/C18H17Cl3N2O5/c19-11-5-13(21)14(6-12(11)20)22-15(24)8-28-16(25)7-23-17(26)9-3-1-2-4-10(9)18(23)27/h5-6,9-10H,1-4,7-8H2,(H,22,24)/t9-,10-/m1/s1. The van der Waals surface area contributed by atoms with Crippen molar-refractivity contribution in [3.8, 4) is 0 Å². The summed E-state index contributed by atoms with van der Waals surface area (Å²) in [7, 11) is 0. The zero-order chi connectivity index (χ0) is 20.4. The van der Waals surface area contributed by atoms with E-state index in [1.54, 1.807) is 0 Å². The van der Waals surface area contributed by atoms with Crippen LogP contribution in [0.15, 0.2) is 12.1 Å². The van der Waals surface area contributed by atoms with Crippen LogP contribution < -0.4 is 5.32 Å². The number of rotatable bonds is 5. The first-order chi connectivity index (χ1) is 13.3. The van der Waals surface area contributed by atoms with Crippen LogP contribution in [0.25, 0.3) is 0 Å². The number of nitrogens with one attached hydrogen (secondary N) is 1. The second-order valence-electron chi connectivity index (χ2n) is 6.72. The minimum Gasteiger partial charge on any atom is -0.454 e. The Morgan fingerprint density at radius 1 is 1.00 bits per heavy atom. The third-order valence-corrected chi connectivity index (χ3v) is 5.90. The molecule has 1 aliphatic heterocycles. The molecule has 2 fully saturated rings. The Hall–Kier alpha value is -1.83. The van der Waals surface area contributed by atoms with E-state index < -0.39 is 25.0 Å². The van der Waals surface area contributed by atoms with E-state index in [9.17, 15) is 19.2 Å². The van der Waals surface area contributed by atoms with Crippen molar-refractivity contribution in [2.75, 3.05) is 18.5 Å². The molecule has 1 aliphatic carbocycles. The number of halogens is 3. The Bertz CT molecular complexity index is 821. The van der Waals surface area contributed by atoms with Gasteiger partial charge in [-0.2, -0.15) is 0 Å². The highest BCUT2D eigenvalue weighted by Crippen LogP contribution is 2.38. The van der Waals surface area contributed by atoms with Crippen molar-refractivity contribution in [2.45, 2.75) is 25.7 Å². The van der Waals surface area contributed by atoms with Crippen molar-refractivity contribution in [1.82, 2.24) is 4.90 Å². The summed E-state index contributed by atoms with van der Waals surface area (Å²) in [5.41, 5.74) is 0.214. The minimum atomic E-state index is -0.837. The molecule has 28 heavy (non-hydrogen) atoms. The Morgan fingerprint density at radius 3 is 2.18 bits per heavy atom. The van der Waals surface area contributed by atoms with E-state index in [-0.39, 0.29) is 44.4 Å². The van der Waals surface area contributed by atoms with E-state index in [0.29, 0.717) is 12.8 Å². The van der Waals surface area contributed by atoms with Gasteiger partial charge in [-0.3, -0.25) is 24.1 Å². The number of ether oxygens (including phenoxy) is 1. The zero-order valence-electron chi connectivity index (χ0n) is 14.7. The number of nitrogens with zero attached hydrogens (tertiary/aromatic N) is 1. The van der Waals surface area contributed by atoms with Crippen LogP contribution in [0, 0.1) is 11.8 Å². The molecule has 2 aliphatic rings. The molecule has 2 atom stereocenters. The smallest absolute Gasteiger partial charge is 0.326 e. The van der Waals surface area contributed by atoms with Crippen LogP contribution in [0.2, 0.25) is 15.1 Å². The first-order valence-corrected chi connectivity index (χ1v) is 9.86. The predicted octanol–water partition coefficient (Wildman–Crippen LogP) is 3.30. The van der Waals surface area contributed by atoms with E-state index in [1.165, 1.54) is 12.1 Å². The summed E-state index contributed by atoms with van der Waals surface area (Å²) in [6.45, 7) is -1.09. The number of anilines is 1. The van der Waals surface area contributed by atoms with Gasteiger partial charge >= 0.3 is 5.97 Å². The summed E-state index contributed by atoms with van der Waals surface area (Å²) in [4.78, 5) is 49.6. The van der Waals surface area contributed by atoms with Crippen molar-refractivity contribution < 1.29 is 23.9 Å². The first kappa shape index (κ1) is 20.9. The van der Waals surface area contributed by atoms with Crippen molar-refractivity contribution >= 4 is 64.2 Å². The number of carbonyl (C=O) groups is 4. The molecule has 1 saturated heterocycles. The van der Waals surface area contributed by atoms with Gasteiger partial charge in [0.2, 0.25) is 11.8 Å².